The number of allylic oxidation sites excluding steroid dienone is 8. The van der Waals surface area contributed by atoms with Crippen LogP contribution in [0, 0.1) is 0 Å². The van der Waals surface area contributed by atoms with E-state index in [2.05, 4.69) is 142 Å². The third-order valence-corrected chi connectivity index (χ3v) is 6.91. The Bertz CT molecular complexity index is 1250. The molecule has 2 aromatic carbocycles. The van der Waals surface area contributed by atoms with Crippen molar-refractivity contribution in [3.63, 3.8) is 0 Å². The molecule has 1 aliphatic heterocycles. The lowest BCUT2D eigenvalue weighted by molar-refractivity contribution is -0.463. The summed E-state index contributed by atoms with van der Waals surface area (Å²) in [6.07, 6.45) is 13.3. The van der Waals surface area contributed by atoms with Gasteiger partial charge in [0.25, 0.3) is 0 Å². The van der Waals surface area contributed by atoms with Crippen molar-refractivity contribution in [2.75, 3.05) is 52.1 Å². The Kier molecular flexibility index (Phi) is 6.75. The van der Waals surface area contributed by atoms with Crippen LogP contribution in [0.15, 0.2) is 95.5 Å². The van der Waals surface area contributed by atoms with Gasteiger partial charge >= 0.3 is 0 Å². The Hall–Kier alpha value is -3.24. The van der Waals surface area contributed by atoms with Crippen molar-refractivity contribution in [3.05, 3.63) is 107 Å². The SMILES string of the molecule is CN(C)c1ccccc1C1=CC(=C2C=CC=CC2=[N+](C)C)SC(c2ccccc2N(C)C)=C1. The number of nitrogens with zero attached hydrogens (tertiary/aromatic N) is 3. The van der Waals surface area contributed by atoms with E-state index in [0.717, 1.165) is 0 Å². The molecule has 2 aromatic rings. The predicted molar refractivity (Wildman–Crippen MR) is 148 cm³/mol. The topological polar surface area (TPSA) is 9.49 Å². The second kappa shape index (κ2) is 9.72. The van der Waals surface area contributed by atoms with Gasteiger partial charge in [0.1, 0.15) is 14.1 Å². The van der Waals surface area contributed by atoms with Gasteiger partial charge in [-0.15, -0.1) is 0 Å². The number of anilines is 2. The van der Waals surface area contributed by atoms with Crippen LogP contribution in [0.3, 0.4) is 0 Å². The number of para-hydroxylation sites is 2. The Morgan fingerprint density at radius 3 is 1.91 bits per heavy atom. The highest BCUT2D eigenvalue weighted by atomic mass is 32.2. The number of hydrogen-bond acceptors (Lipinski definition) is 3. The van der Waals surface area contributed by atoms with Gasteiger partial charge in [0.15, 0.2) is 0 Å². The van der Waals surface area contributed by atoms with Crippen LogP contribution < -0.4 is 9.80 Å². The molecule has 0 atom stereocenters. The van der Waals surface area contributed by atoms with E-state index in [1.54, 1.807) is 0 Å². The number of thioether (sulfide) groups is 1. The van der Waals surface area contributed by atoms with Crippen molar-refractivity contribution < 1.29 is 4.58 Å². The molecule has 0 saturated heterocycles. The summed E-state index contributed by atoms with van der Waals surface area (Å²) in [6.45, 7) is 0. The molecule has 0 amide bonds. The minimum Gasteiger partial charge on any atom is -0.377 e. The van der Waals surface area contributed by atoms with Gasteiger partial charge < -0.3 is 9.80 Å². The molecule has 33 heavy (non-hydrogen) atoms. The van der Waals surface area contributed by atoms with E-state index in [-0.39, 0.29) is 0 Å². The first-order chi connectivity index (χ1) is 15.9. The van der Waals surface area contributed by atoms with E-state index in [1.807, 2.05) is 11.8 Å². The molecule has 0 aromatic heterocycles. The third kappa shape index (κ3) is 4.76. The molecule has 0 spiro atoms. The van der Waals surface area contributed by atoms with Crippen molar-refractivity contribution in [2.45, 2.75) is 0 Å². The molecule has 4 heteroatoms. The van der Waals surface area contributed by atoms with Crippen LogP contribution in [0.2, 0.25) is 0 Å². The fourth-order valence-electron chi connectivity index (χ4n) is 4.17. The summed E-state index contributed by atoms with van der Waals surface area (Å²) in [5, 5.41) is 0. The van der Waals surface area contributed by atoms with E-state index in [1.165, 1.54) is 49.2 Å². The molecule has 0 unspecified atom stereocenters. The molecule has 1 aliphatic carbocycles. The fraction of sp³-hybridized carbons (Fsp3) is 0.207. The van der Waals surface area contributed by atoms with E-state index < -0.39 is 0 Å². The highest BCUT2D eigenvalue weighted by Gasteiger charge is 2.23. The Labute approximate surface area is 202 Å². The third-order valence-electron chi connectivity index (χ3n) is 5.79. The van der Waals surface area contributed by atoms with Gasteiger partial charge in [-0.1, -0.05) is 60.3 Å². The lowest BCUT2D eigenvalue weighted by Gasteiger charge is -2.25. The Balaban J connectivity index is 1.97. The van der Waals surface area contributed by atoms with E-state index in [4.69, 9.17) is 0 Å². The average molecular weight is 455 g/mol. The van der Waals surface area contributed by atoms with Crippen LogP contribution in [0.5, 0.6) is 0 Å². The van der Waals surface area contributed by atoms with Crippen LogP contribution >= 0.6 is 11.8 Å². The van der Waals surface area contributed by atoms with E-state index in [0.29, 0.717) is 0 Å². The molecule has 0 radical (unpaired) electrons. The smallest absolute Gasteiger partial charge is 0.207 e. The summed E-state index contributed by atoms with van der Waals surface area (Å²) in [5.74, 6) is 0. The maximum absolute atomic E-state index is 2.34. The lowest BCUT2D eigenvalue weighted by atomic mass is 9.98. The summed E-state index contributed by atoms with van der Waals surface area (Å²) in [5.41, 5.74) is 8.62. The van der Waals surface area contributed by atoms with E-state index >= 15 is 0 Å². The molecule has 168 valence electrons. The van der Waals surface area contributed by atoms with Gasteiger partial charge in [-0.05, 0) is 35.9 Å². The molecule has 2 aliphatic rings. The van der Waals surface area contributed by atoms with Crippen molar-refractivity contribution in [2.24, 2.45) is 0 Å². The zero-order valence-corrected chi connectivity index (χ0v) is 21.1. The Morgan fingerprint density at radius 1 is 0.697 bits per heavy atom. The van der Waals surface area contributed by atoms with Gasteiger partial charge in [0.05, 0.1) is 5.57 Å². The van der Waals surface area contributed by atoms with Gasteiger partial charge in [0, 0.05) is 66.6 Å². The molecule has 0 N–H and O–H groups in total. The molecule has 4 rings (SSSR count). The number of rotatable bonds is 4. The molecule has 3 nitrogen and oxygen atoms in total. The molecule has 0 bridgehead atoms. The quantitative estimate of drug-likeness (QED) is 0.518. The van der Waals surface area contributed by atoms with Crippen molar-refractivity contribution in [1.29, 1.82) is 0 Å². The van der Waals surface area contributed by atoms with Gasteiger partial charge in [-0.2, -0.15) is 0 Å². The molecular formula is C29H32N3S+. The zero-order chi connectivity index (χ0) is 23.5. The first-order valence-electron chi connectivity index (χ1n) is 11.1. The second-order valence-corrected chi connectivity index (χ2v) is 9.89. The summed E-state index contributed by atoms with van der Waals surface area (Å²) in [7, 11) is 12.6. The summed E-state index contributed by atoms with van der Waals surface area (Å²) >= 11 is 1.85. The first kappa shape index (κ1) is 22.9. The fourth-order valence-corrected chi connectivity index (χ4v) is 5.35. The molecule has 1 heterocycles. The molecular weight excluding hydrogens is 422 g/mol. The first-order valence-corrected chi connectivity index (χ1v) is 12.0. The second-order valence-electron chi connectivity index (χ2n) is 8.81. The highest BCUT2D eigenvalue weighted by Crippen LogP contribution is 2.47. The van der Waals surface area contributed by atoms with Crippen molar-refractivity contribution >= 4 is 39.3 Å². The van der Waals surface area contributed by atoms with Crippen LogP contribution in [-0.2, 0) is 0 Å². The minimum atomic E-state index is 1.22. The maximum atomic E-state index is 2.34. The summed E-state index contributed by atoms with van der Waals surface area (Å²) in [4.78, 5) is 6.89. The normalized spacial score (nSPS) is 17.6. The zero-order valence-electron chi connectivity index (χ0n) is 20.3. The van der Waals surface area contributed by atoms with Crippen molar-refractivity contribution in [1.82, 2.24) is 0 Å². The van der Waals surface area contributed by atoms with Gasteiger partial charge in [-0.25, -0.2) is 4.58 Å². The van der Waals surface area contributed by atoms with Gasteiger partial charge in [-0.3, -0.25) is 0 Å². The number of hydrogen-bond donors (Lipinski definition) is 0. The summed E-state index contributed by atoms with van der Waals surface area (Å²) in [6, 6.07) is 17.3. The molecule has 0 saturated carbocycles. The highest BCUT2D eigenvalue weighted by molar-refractivity contribution is 8.12. The standard InChI is InChI=1S/C29H32N3S/c1-30(2)25-16-10-7-13-22(25)21-19-28(23-14-8-11-17-26(23)31(3)4)33-29(20-21)24-15-9-12-18-27(24)32(5)6/h7-20H,1-6H3/q+1. The largest absolute Gasteiger partial charge is 0.377 e. The van der Waals surface area contributed by atoms with E-state index in [9.17, 15) is 0 Å². The monoisotopic (exact) mass is 454 g/mol. The van der Waals surface area contributed by atoms with Crippen LogP contribution in [0.1, 0.15) is 11.1 Å². The maximum Gasteiger partial charge on any atom is 0.207 e. The van der Waals surface area contributed by atoms with Crippen LogP contribution in [-0.4, -0.2) is 52.6 Å². The Morgan fingerprint density at radius 2 is 1.27 bits per heavy atom. The predicted octanol–water partition coefficient (Wildman–Crippen LogP) is 6.08. The number of benzene rings is 2. The molecule has 0 fully saturated rings. The van der Waals surface area contributed by atoms with Crippen LogP contribution in [0.25, 0.3) is 10.5 Å². The average Bonchev–Trinajstić information content (AvgIpc) is 2.83. The summed E-state index contributed by atoms with van der Waals surface area (Å²) < 4.78 is 2.19. The van der Waals surface area contributed by atoms with Crippen molar-refractivity contribution in [3.8, 4) is 0 Å². The van der Waals surface area contributed by atoms with Crippen LogP contribution in [0.4, 0.5) is 11.4 Å². The van der Waals surface area contributed by atoms with Gasteiger partial charge in [0.2, 0.25) is 5.71 Å². The minimum absolute atomic E-state index is 1.22. The lowest BCUT2D eigenvalue weighted by Crippen LogP contribution is -2.16.